The third kappa shape index (κ3) is 3.92. The lowest BCUT2D eigenvalue weighted by atomic mass is 10.0. The van der Waals surface area contributed by atoms with Gasteiger partial charge in [0.25, 0.3) is 5.91 Å². The molecule has 158 valence electrons. The molecule has 2 amide bonds. The van der Waals surface area contributed by atoms with Gasteiger partial charge in [-0.1, -0.05) is 44.2 Å². The molecule has 2 atom stereocenters. The average molecular weight is 426 g/mol. The standard InChI is InChI=1S/C22H27N5O2S/c1-3-12-26-21(29)20-17(11-13-30-20)27-18(24-25-22(26)27)9-10-19(28)23-14-15(2)16-7-5-4-6-8-16/h4-8,11,13,15,22,25H,3,9-10,12,14H2,1-2H3,(H,23,28). The molecule has 3 heterocycles. The topological polar surface area (TPSA) is 77.0 Å². The molecule has 2 N–H and O–H groups in total. The van der Waals surface area contributed by atoms with Gasteiger partial charge in [-0.25, -0.2) is 0 Å². The number of benzene rings is 1. The molecule has 0 saturated carbocycles. The van der Waals surface area contributed by atoms with Crippen molar-refractivity contribution in [2.45, 2.75) is 45.3 Å². The molecule has 0 radical (unpaired) electrons. The summed E-state index contributed by atoms with van der Waals surface area (Å²) < 4.78 is 0. The van der Waals surface area contributed by atoms with E-state index < -0.39 is 0 Å². The van der Waals surface area contributed by atoms with Crippen LogP contribution in [0.4, 0.5) is 5.69 Å². The Kier molecular flexibility index (Phi) is 6.03. The predicted molar refractivity (Wildman–Crippen MR) is 120 cm³/mol. The summed E-state index contributed by atoms with van der Waals surface area (Å²) in [6, 6.07) is 12.1. The van der Waals surface area contributed by atoms with Crippen LogP contribution in [0.25, 0.3) is 0 Å². The number of nitrogens with zero attached hydrogens (tertiary/aromatic N) is 3. The number of hydrazone groups is 1. The molecule has 0 fully saturated rings. The fourth-order valence-corrected chi connectivity index (χ4v) is 4.72. The van der Waals surface area contributed by atoms with Gasteiger partial charge in [0.05, 0.1) is 5.69 Å². The Hall–Kier alpha value is -2.87. The van der Waals surface area contributed by atoms with E-state index in [1.54, 1.807) is 0 Å². The number of carbonyl (C=O) groups is 2. The molecule has 4 rings (SSSR count). The minimum Gasteiger partial charge on any atom is -0.355 e. The van der Waals surface area contributed by atoms with Gasteiger partial charge in [-0.15, -0.1) is 11.3 Å². The van der Waals surface area contributed by atoms with Crippen molar-refractivity contribution in [1.82, 2.24) is 15.6 Å². The van der Waals surface area contributed by atoms with Crippen molar-refractivity contribution in [3.8, 4) is 0 Å². The van der Waals surface area contributed by atoms with Gasteiger partial charge in [0.15, 0.2) is 0 Å². The summed E-state index contributed by atoms with van der Waals surface area (Å²) in [5.74, 6) is 1.10. The van der Waals surface area contributed by atoms with Crippen LogP contribution in [-0.2, 0) is 4.79 Å². The summed E-state index contributed by atoms with van der Waals surface area (Å²) in [5.41, 5.74) is 5.18. The van der Waals surface area contributed by atoms with Crippen molar-refractivity contribution in [2.24, 2.45) is 5.10 Å². The van der Waals surface area contributed by atoms with Crippen LogP contribution in [0.1, 0.15) is 54.3 Å². The van der Waals surface area contributed by atoms with Crippen LogP contribution in [0.3, 0.4) is 0 Å². The Morgan fingerprint density at radius 2 is 2.10 bits per heavy atom. The Balaban J connectivity index is 1.36. The van der Waals surface area contributed by atoms with Crippen molar-refractivity contribution in [3.63, 3.8) is 0 Å². The lowest BCUT2D eigenvalue weighted by Gasteiger charge is -2.39. The van der Waals surface area contributed by atoms with E-state index in [9.17, 15) is 9.59 Å². The van der Waals surface area contributed by atoms with Gasteiger partial charge < -0.3 is 5.32 Å². The Bertz CT molecular complexity index is 942. The number of hydrogen-bond acceptors (Lipinski definition) is 6. The maximum absolute atomic E-state index is 12.8. The lowest BCUT2D eigenvalue weighted by molar-refractivity contribution is -0.121. The molecule has 30 heavy (non-hydrogen) atoms. The largest absolute Gasteiger partial charge is 0.355 e. The fraction of sp³-hybridized carbons (Fsp3) is 0.409. The average Bonchev–Trinajstić information content (AvgIpc) is 3.41. The zero-order valence-electron chi connectivity index (χ0n) is 17.3. The highest BCUT2D eigenvalue weighted by molar-refractivity contribution is 7.12. The molecule has 2 unspecified atom stereocenters. The first-order valence-electron chi connectivity index (χ1n) is 10.4. The molecule has 0 spiro atoms. The molecule has 2 aliphatic rings. The number of nitrogens with one attached hydrogen (secondary N) is 2. The number of carbonyl (C=O) groups excluding carboxylic acids is 2. The summed E-state index contributed by atoms with van der Waals surface area (Å²) >= 11 is 1.45. The van der Waals surface area contributed by atoms with Gasteiger partial charge in [0.1, 0.15) is 10.7 Å². The van der Waals surface area contributed by atoms with Gasteiger partial charge in [-0.05, 0) is 29.3 Å². The van der Waals surface area contributed by atoms with Crippen LogP contribution < -0.4 is 15.6 Å². The number of anilines is 1. The first-order valence-corrected chi connectivity index (χ1v) is 11.3. The highest BCUT2D eigenvalue weighted by Crippen LogP contribution is 2.36. The van der Waals surface area contributed by atoms with Crippen LogP contribution in [0.15, 0.2) is 46.9 Å². The normalized spacial score (nSPS) is 18.4. The van der Waals surface area contributed by atoms with Crippen LogP contribution in [0.2, 0.25) is 0 Å². The Morgan fingerprint density at radius 3 is 2.87 bits per heavy atom. The van der Waals surface area contributed by atoms with E-state index in [-0.39, 0.29) is 24.0 Å². The third-order valence-corrected chi connectivity index (χ3v) is 6.39. The molecule has 8 heteroatoms. The SMILES string of the molecule is CCCN1C(=O)c2sccc2N2C(CCC(=O)NCC(C)c3ccccc3)=NNC12. The minimum atomic E-state index is -0.310. The quantitative estimate of drug-likeness (QED) is 0.680. The highest BCUT2D eigenvalue weighted by atomic mass is 32.1. The lowest BCUT2D eigenvalue weighted by Crippen LogP contribution is -2.58. The van der Waals surface area contributed by atoms with Crippen molar-refractivity contribution < 1.29 is 9.59 Å². The highest BCUT2D eigenvalue weighted by Gasteiger charge is 2.43. The van der Waals surface area contributed by atoms with Crippen LogP contribution in [0, 0.1) is 0 Å². The predicted octanol–water partition coefficient (Wildman–Crippen LogP) is 3.32. The minimum absolute atomic E-state index is 0.00738. The molecular formula is C22H27N5O2S. The van der Waals surface area contributed by atoms with Gasteiger partial charge in [-0.2, -0.15) is 5.10 Å². The van der Waals surface area contributed by atoms with Crippen LogP contribution >= 0.6 is 11.3 Å². The Labute approximate surface area is 180 Å². The van der Waals surface area contributed by atoms with Crippen LogP contribution in [-0.4, -0.2) is 41.9 Å². The zero-order valence-corrected chi connectivity index (χ0v) is 18.1. The fourth-order valence-electron chi connectivity index (χ4n) is 3.88. The molecule has 2 aliphatic heterocycles. The van der Waals surface area contributed by atoms with Gasteiger partial charge >= 0.3 is 0 Å². The second kappa shape index (κ2) is 8.87. The van der Waals surface area contributed by atoms with Crippen molar-refractivity contribution in [3.05, 3.63) is 52.2 Å². The maximum atomic E-state index is 12.8. The van der Waals surface area contributed by atoms with Gasteiger partial charge in [-0.3, -0.25) is 24.8 Å². The number of amidine groups is 1. The van der Waals surface area contributed by atoms with Crippen molar-refractivity contribution in [2.75, 3.05) is 18.0 Å². The van der Waals surface area contributed by atoms with Gasteiger partial charge in [0.2, 0.25) is 12.2 Å². The number of rotatable bonds is 8. The molecule has 2 aromatic rings. The Morgan fingerprint density at radius 1 is 1.30 bits per heavy atom. The summed E-state index contributed by atoms with van der Waals surface area (Å²) in [4.78, 5) is 29.9. The smallest absolute Gasteiger partial charge is 0.269 e. The molecular weight excluding hydrogens is 398 g/mol. The van der Waals surface area contributed by atoms with E-state index in [0.29, 0.717) is 25.9 Å². The van der Waals surface area contributed by atoms with E-state index in [4.69, 9.17) is 0 Å². The second-order valence-electron chi connectivity index (χ2n) is 7.65. The zero-order chi connectivity index (χ0) is 21.1. The number of hydrogen-bond donors (Lipinski definition) is 2. The molecule has 0 saturated heterocycles. The van der Waals surface area contributed by atoms with E-state index in [2.05, 4.69) is 46.7 Å². The summed E-state index contributed by atoms with van der Waals surface area (Å²) in [7, 11) is 0. The summed E-state index contributed by atoms with van der Waals surface area (Å²) in [6.45, 7) is 5.42. The molecule has 1 aromatic heterocycles. The number of thiophene rings is 1. The molecule has 7 nitrogen and oxygen atoms in total. The number of fused-ring (bicyclic) bond motifs is 3. The summed E-state index contributed by atoms with van der Waals surface area (Å²) in [6.07, 6.45) is 1.43. The van der Waals surface area contributed by atoms with Crippen molar-refractivity contribution >= 4 is 34.7 Å². The third-order valence-electron chi connectivity index (χ3n) is 5.50. The molecule has 0 bridgehead atoms. The summed E-state index contributed by atoms with van der Waals surface area (Å²) in [5, 5.41) is 9.43. The van der Waals surface area contributed by atoms with Crippen LogP contribution in [0.5, 0.6) is 0 Å². The van der Waals surface area contributed by atoms with E-state index in [0.717, 1.165) is 22.8 Å². The van der Waals surface area contributed by atoms with E-state index in [1.165, 1.54) is 16.9 Å². The first-order chi connectivity index (χ1) is 14.6. The maximum Gasteiger partial charge on any atom is 0.269 e. The van der Waals surface area contributed by atoms with Gasteiger partial charge in [0, 0.05) is 25.9 Å². The van der Waals surface area contributed by atoms with E-state index in [1.807, 2.05) is 34.5 Å². The monoisotopic (exact) mass is 425 g/mol. The second-order valence-corrected chi connectivity index (χ2v) is 8.57. The first kappa shape index (κ1) is 20.4. The number of amides is 2. The van der Waals surface area contributed by atoms with Crippen molar-refractivity contribution in [1.29, 1.82) is 0 Å². The van der Waals surface area contributed by atoms with E-state index >= 15 is 0 Å². The molecule has 1 aromatic carbocycles. The molecule has 0 aliphatic carbocycles.